The molecule has 1 amide bonds. The predicted molar refractivity (Wildman–Crippen MR) is 60.5 cm³/mol. The summed E-state index contributed by atoms with van der Waals surface area (Å²) in [6.07, 6.45) is 0. The molecule has 2 unspecified atom stereocenters. The fourth-order valence-electron chi connectivity index (χ4n) is 1.98. The Hall–Kier alpha value is -1.49. The van der Waals surface area contributed by atoms with Crippen molar-refractivity contribution < 1.29 is 13.6 Å². The van der Waals surface area contributed by atoms with E-state index in [1.54, 1.807) is 0 Å². The van der Waals surface area contributed by atoms with E-state index in [0.717, 1.165) is 24.7 Å². The van der Waals surface area contributed by atoms with Crippen LogP contribution < -0.4 is 10.6 Å². The summed E-state index contributed by atoms with van der Waals surface area (Å²) < 4.78 is 26.2. The van der Waals surface area contributed by atoms with Gasteiger partial charge in [0, 0.05) is 12.6 Å². The molecular formula is C12H14F2N2O. The zero-order valence-electron chi connectivity index (χ0n) is 9.47. The average Bonchev–Trinajstić information content (AvgIpc) is 2.70. The molecule has 2 rings (SSSR count). The highest BCUT2D eigenvalue weighted by Crippen LogP contribution is 2.20. The SMILES string of the molecule is CC1CNCC1C(=O)Nc1cc(F)ccc1F. The van der Waals surface area contributed by atoms with E-state index in [1.807, 2.05) is 6.92 Å². The zero-order valence-corrected chi connectivity index (χ0v) is 9.47. The fourth-order valence-corrected chi connectivity index (χ4v) is 1.98. The van der Waals surface area contributed by atoms with Gasteiger partial charge in [-0.3, -0.25) is 4.79 Å². The molecule has 1 aliphatic rings. The van der Waals surface area contributed by atoms with Crippen molar-refractivity contribution in [2.24, 2.45) is 11.8 Å². The van der Waals surface area contributed by atoms with Crippen LogP contribution in [-0.4, -0.2) is 19.0 Å². The van der Waals surface area contributed by atoms with Crippen molar-refractivity contribution in [1.82, 2.24) is 5.32 Å². The maximum Gasteiger partial charge on any atom is 0.229 e. The molecule has 0 radical (unpaired) electrons. The van der Waals surface area contributed by atoms with Gasteiger partial charge < -0.3 is 10.6 Å². The Kier molecular flexibility index (Phi) is 3.38. The Morgan fingerprint density at radius 1 is 1.41 bits per heavy atom. The van der Waals surface area contributed by atoms with E-state index in [1.165, 1.54) is 0 Å². The van der Waals surface area contributed by atoms with Gasteiger partial charge in [0.05, 0.1) is 11.6 Å². The van der Waals surface area contributed by atoms with Crippen LogP contribution in [0.1, 0.15) is 6.92 Å². The second-order valence-electron chi connectivity index (χ2n) is 4.36. The predicted octanol–water partition coefficient (Wildman–Crippen LogP) is 1.76. The lowest BCUT2D eigenvalue weighted by Crippen LogP contribution is -2.28. The Morgan fingerprint density at radius 2 is 2.18 bits per heavy atom. The van der Waals surface area contributed by atoms with Crippen molar-refractivity contribution in [2.45, 2.75) is 6.92 Å². The van der Waals surface area contributed by atoms with Crippen molar-refractivity contribution >= 4 is 11.6 Å². The van der Waals surface area contributed by atoms with Crippen LogP contribution in [0, 0.1) is 23.5 Å². The number of halogens is 2. The summed E-state index contributed by atoms with van der Waals surface area (Å²) in [7, 11) is 0. The number of nitrogens with one attached hydrogen (secondary N) is 2. The number of anilines is 1. The quantitative estimate of drug-likeness (QED) is 0.827. The van der Waals surface area contributed by atoms with Gasteiger partial charge in [-0.2, -0.15) is 0 Å². The van der Waals surface area contributed by atoms with Crippen LogP contribution in [0.2, 0.25) is 0 Å². The smallest absolute Gasteiger partial charge is 0.229 e. The molecular weight excluding hydrogens is 226 g/mol. The first-order valence-corrected chi connectivity index (χ1v) is 5.54. The number of hydrogen-bond acceptors (Lipinski definition) is 2. The molecule has 1 heterocycles. The van der Waals surface area contributed by atoms with Gasteiger partial charge >= 0.3 is 0 Å². The Balaban J connectivity index is 2.10. The van der Waals surface area contributed by atoms with E-state index in [0.29, 0.717) is 6.54 Å². The van der Waals surface area contributed by atoms with Crippen LogP contribution in [0.15, 0.2) is 18.2 Å². The van der Waals surface area contributed by atoms with Crippen molar-refractivity contribution in [3.63, 3.8) is 0 Å². The summed E-state index contributed by atoms with van der Waals surface area (Å²) in [6, 6.07) is 3.01. The van der Waals surface area contributed by atoms with E-state index in [-0.39, 0.29) is 23.4 Å². The molecule has 2 N–H and O–H groups in total. The number of hydrogen-bond donors (Lipinski definition) is 2. The number of rotatable bonds is 2. The minimum atomic E-state index is -0.627. The first-order chi connectivity index (χ1) is 8.08. The monoisotopic (exact) mass is 240 g/mol. The van der Waals surface area contributed by atoms with Crippen molar-refractivity contribution in [3.8, 4) is 0 Å². The maximum atomic E-state index is 13.3. The zero-order chi connectivity index (χ0) is 12.4. The van der Waals surface area contributed by atoms with Gasteiger partial charge in [0.2, 0.25) is 5.91 Å². The van der Waals surface area contributed by atoms with Crippen LogP contribution in [0.4, 0.5) is 14.5 Å². The lowest BCUT2D eigenvalue weighted by atomic mass is 9.97. The highest BCUT2D eigenvalue weighted by molar-refractivity contribution is 5.93. The molecule has 0 aromatic heterocycles. The van der Waals surface area contributed by atoms with Gasteiger partial charge in [-0.15, -0.1) is 0 Å². The minimum absolute atomic E-state index is 0.103. The second kappa shape index (κ2) is 4.79. The van der Waals surface area contributed by atoms with Crippen LogP contribution in [0.5, 0.6) is 0 Å². The molecule has 0 spiro atoms. The molecule has 5 heteroatoms. The van der Waals surface area contributed by atoms with E-state index >= 15 is 0 Å². The third kappa shape index (κ3) is 2.61. The number of amides is 1. The summed E-state index contributed by atoms with van der Waals surface area (Å²) in [5.41, 5.74) is -0.103. The van der Waals surface area contributed by atoms with Gasteiger partial charge in [-0.05, 0) is 24.6 Å². The third-order valence-electron chi connectivity index (χ3n) is 3.04. The van der Waals surface area contributed by atoms with E-state index in [9.17, 15) is 13.6 Å². The molecule has 92 valence electrons. The van der Waals surface area contributed by atoms with E-state index in [4.69, 9.17) is 0 Å². The van der Waals surface area contributed by atoms with Gasteiger partial charge in [-0.1, -0.05) is 6.92 Å². The normalized spacial score (nSPS) is 23.7. The summed E-state index contributed by atoms with van der Waals surface area (Å²) in [5, 5.41) is 5.52. The Morgan fingerprint density at radius 3 is 2.82 bits per heavy atom. The van der Waals surface area contributed by atoms with Crippen LogP contribution in [-0.2, 0) is 4.79 Å². The summed E-state index contributed by atoms with van der Waals surface area (Å²) in [6.45, 7) is 3.29. The first-order valence-electron chi connectivity index (χ1n) is 5.54. The molecule has 17 heavy (non-hydrogen) atoms. The molecule has 1 saturated heterocycles. The Bertz CT molecular complexity index is 437. The van der Waals surface area contributed by atoms with Crippen molar-refractivity contribution in [3.05, 3.63) is 29.8 Å². The standard InChI is InChI=1S/C12H14F2N2O/c1-7-5-15-6-9(7)12(17)16-11-4-8(13)2-3-10(11)14/h2-4,7,9,15H,5-6H2,1H3,(H,16,17). The number of benzene rings is 1. The second-order valence-corrected chi connectivity index (χ2v) is 4.36. The summed E-state index contributed by atoms with van der Waals surface area (Å²) >= 11 is 0. The lowest BCUT2D eigenvalue weighted by Gasteiger charge is -2.14. The van der Waals surface area contributed by atoms with Gasteiger partial charge in [0.25, 0.3) is 0 Å². The molecule has 1 fully saturated rings. The fraction of sp³-hybridized carbons (Fsp3) is 0.417. The average molecular weight is 240 g/mol. The summed E-state index contributed by atoms with van der Waals surface area (Å²) in [4.78, 5) is 11.8. The van der Waals surface area contributed by atoms with Crippen molar-refractivity contribution in [2.75, 3.05) is 18.4 Å². The molecule has 1 aromatic rings. The number of carbonyl (C=O) groups excluding carboxylic acids is 1. The van der Waals surface area contributed by atoms with Gasteiger partial charge in [-0.25, -0.2) is 8.78 Å². The molecule has 0 saturated carbocycles. The lowest BCUT2D eigenvalue weighted by molar-refractivity contribution is -0.120. The minimum Gasteiger partial charge on any atom is -0.323 e. The van der Waals surface area contributed by atoms with Crippen LogP contribution >= 0.6 is 0 Å². The first kappa shape index (κ1) is 12.0. The molecule has 3 nitrogen and oxygen atoms in total. The highest BCUT2D eigenvalue weighted by Gasteiger charge is 2.29. The van der Waals surface area contributed by atoms with Crippen LogP contribution in [0.25, 0.3) is 0 Å². The third-order valence-corrected chi connectivity index (χ3v) is 3.04. The number of carbonyl (C=O) groups is 1. The topological polar surface area (TPSA) is 41.1 Å². The molecule has 1 aromatic carbocycles. The van der Waals surface area contributed by atoms with Crippen molar-refractivity contribution in [1.29, 1.82) is 0 Å². The molecule has 0 bridgehead atoms. The van der Waals surface area contributed by atoms with E-state index in [2.05, 4.69) is 10.6 Å². The maximum absolute atomic E-state index is 13.3. The largest absolute Gasteiger partial charge is 0.323 e. The summed E-state index contributed by atoms with van der Waals surface area (Å²) in [5.74, 6) is -1.46. The van der Waals surface area contributed by atoms with Gasteiger partial charge in [0.1, 0.15) is 11.6 Å². The Labute approximate surface area is 98.2 Å². The molecule has 0 aliphatic carbocycles. The van der Waals surface area contributed by atoms with Gasteiger partial charge in [0.15, 0.2) is 0 Å². The molecule has 1 aliphatic heterocycles. The van der Waals surface area contributed by atoms with E-state index < -0.39 is 11.6 Å². The highest BCUT2D eigenvalue weighted by atomic mass is 19.1. The van der Waals surface area contributed by atoms with Crippen LogP contribution in [0.3, 0.4) is 0 Å². The molecule has 2 atom stereocenters.